The van der Waals surface area contributed by atoms with Crippen LogP contribution < -0.4 is 10.9 Å². The maximum Gasteiger partial charge on any atom is 0.345 e. The van der Waals surface area contributed by atoms with Crippen LogP contribution in [0.5, 0.6) is 0 Å². The SMILES string of the molecule is CCCCn1nc(C(=O)Nc2ncc([N+](=O)[O-])s2)ccc1=O. The molecule has 0 atom stereocenters. The second-order valence-corrected chi connectivity index (χ2v) is 5.36. The number of anilines is 1. The van der Waals surface area contributed by atoms with Gasteiger partial charge in [-0.1, -0.05) is 13.3 Å². The van der Waals surface area contributed by atoms with E-state index in [-0.39, 0.29) is 21.4 Å². The molecule has 0 fully saturated rings. The van der Waals surface area contributed by atoms with Gasteiger partial charge in [0.15, 0.2) is 5.13 Å². The Bertz CT molecular complexity index is 754. The second-order valence-electron chi connectivity index (χ2n) is 4.35. The smallest absolute Gasteiger partial charge is 0.296 e. The highest BCUT2D eigenvalue weighted by atomic mass is 32.1. The molecule has 0 aromatic carbocycles. The van der Waals surface area contributed by atoms with E-state index in [1.54, 1.807) is 0 Å². The Morgan fingerprint density at radius 1 is 1.50 bits per heavy atom. The number of nitro groups is 1. The maximum absolute atomic E-state index is 12.0. The molecular formula is C12H13N5O4S. The molecule has 1 amide bonds. The van der Waals surface area contributed by atoms with Gasteiger partial charge in [0, 0.05) is 12.6 Å². The Hall–Kier alpha value is -2.62. The van der Waals surface area contributed by atoms with Crippen molar-refractivity contribution in [3.8, 4) is 0 Å². The van der Waals surface area contributed by atoms with Crippen LogP contribution in [0, 0.1) is 10.1 Å². The van der Waals surface area contributed by atoms with Gasteiger partial charge < -0.3 is 0 Å². The first-order chi connectivity index (χ1) is 10.5. The Morgan fingerprint density at radius 2 is 2.27 bits per heavy atom. The lowest BCUT2D eigenvalue weighted by atomic mass is 10.3. The van der Waals surface area contributed by atoms with Gasteiger partial charge >= 0.3 is 5.00 Å². The van der Waals surface area contributed by atoms with Crippen molar-refractivity contribution in [2.45, 2.75) is 26.3 Å². The second kappa shape index (κ2) is 6.89. The molecule has 10 heteroatoms. The van der Waals surface area contributed by atoms with Crippen LogP contribution in [0.25, 0.3) is 0 Å². The van der Waals surface area contributed by atoms with Gasteiger partial charge in [-0.2, -0.15) is 5.10 Å². The summed E-state index contributed by atoms with van der Waals surface area (Å²) in [5.74, 6) is -0.575. The van der Waals surface area contributed by atoms with Crippen LogP contribution in [0.15, 0.2) is 23.1 Å². The van der Waals surface area contributed by atoms with Gasteiger partial charge in [0.2, 0.25) is 0 Å². The molecule has 116 valence electrons. The highest BCUT2D eigenvalue weighted by Crippen LogP contribution is 2.25. The summed E-state index contributed by atoms with van der Waals surface area (Å²) >= 11 is 0.747. The number of nitrogens with zero attached hydrogens (tertiary/aromatic N) is 4. The number of nitrogens with one attached hydrogen (secondary N) is 1. The van der Waals surface area contributed by atoms with E-state index in [0.717, 1.165) is 30.4 Å². The summed E-state index contributed by atoms with van der Waals surface area (Å²) in [5, 5.41) is 16.9. The lowest BCUT2D eigenvalue weighted by Gasteiger charge is -2.05. The molecule has 0 aliphatic rings. The van der Waals surface area contributed by atoms with Gasteiger partial charge in [0.1, 0.15) is 11.9 Å². The standard InChI is InChI=1S/C12H13N5O4S/c1-2-3-6-16-9(18)5-4-8(15-16)11(19)14-12-13-7-10(22-12)17(20)21/h4-5,7H,2-3,6H2,1H3,(H,13,14,19). The number of aromatic nitrogens is 3. The molecule has 2 aromatic heterocycles. The number of hydrogen-bond donors (Lipinski definition) is 1. The van der Waals surface area contributed by atoms with Crippen LogP contribution in [-0.4, -0.2) is 25.6 Å². The molecule has 2 aromatic rings. The quantitative estimate of drug-likeness (QED) is 0.637. The number of carbonyl (C=O) groups excluding carboxylic acids is 1. The third-order valence-corrected chi connectivity index (χ3v) is 3.58. The minimum Gasteiger partial charge on any atom is -0.296 e. The van der Waals surface area contributed by atoms with Crippen LogP contribution >= 0.6 is 11.3 Å². The predicted molar refractivity (Wildman–Crippen MR) is 80.1 cm³/mol. The average Bonchev–Trinajstić information content (AvgIpc) is 2.95. The fraction of sp³-hybridized carbons (Fsp3) is 0.333. The van der Waals surface area contributed by atoms with Gasteiger partial charge in [-0.3, -0.25) is 25.0 Å². The summed E-state index contributed by atoms with van der Waals surface area (Å²) in [6.07, 6.45) is 2.74. The third kappa shape index (κ3) is 3.73. The van der Waals surface area contributed by atoms with E-state index in [4.69, 9.17) is 0 Å². The molecule has 1 N–H and O–H groups in total. The topological polar surface area (TPSA) is 120 Å². The zero-order valence-electron chi connectivity index (χ0n) is 11.7. The molecule has 0 saturated carbocycles. The summed E-state index contributed by atoms with van der Waals surface area (Å²) in [5.41, 5.74) is -0.233. The first-order valence-corrected chi connectivity index (χ1v) is 7.32. The molecule has 2 rings (SSSR count). The normalized spacial score (nSPS) is 10.4. The Kier molecular flexibility index (Phi) is 4.94. The van der Waals surface area contributed by atoms with E-state index in [2.05, 4.69) is 15.4 Å². The van der Waals surface area contributed by atoms with Crippen LogP contribution in [0.2, 0.25) is 0 Å². The van der Waals surface area contributed by atoms with Gasteiger partial charge in [-0.05, 0) is 23.8 Å². The number of aryl methyl sites for hydroxylation is 1. The van der Waals surface area contributed by atoms with E-state index in [9.17, 15) is 19.7 Å². The van der Waals surface area contributed by atoms with E-state index >= 15 is 0 Å². The monoisotopic (exact) mass is 323 g/mol. The van der Waals surface area contributed by atoms with Crippen molar-refractivity contribution in [2.24, 2.45) is 0 Å². The number of thiazole rings is 1. The highest BCUT2D eigenvalue weighted by molar-refractivity contribution is 7.18. The zero-order valence-corrected chi connectivity index (χ0v) is 12.5. The van der Waals surface area contributed by atoms with Crippen molar-refractivity contribution in [3.63, 3.8) is 0 Å². The number of unbranched alkanes of at least 4 members (excludes halogenated alkanes) is 1. The minimum atomic E-state index is -0.587. The molecule has 0 saturated heterocycles. The Labute approximate surface area is 128 Å². The number of amides is 1. The summed E-state index contributed by atoms with van der Waals surface area (Å²) in [6.45, 7) is 2.41. The highest BCUT2D eigenvalue weighted by Gasteiger charge is 2.15. The zero-order chi connectivity index (χ0) is 16.1. The number of hydrogen-bond acceptors (Lipinski definition) is 7. The van der Waals surface area contributed by atoms with E-state index in [1.807, 2.05) is 6.92 Å². The first kappa shape index (κ1) is 15.8. The molecular weight excluding hydrogens is 310 g/mol. The Morgan fingerprint density at radius 3 is 2.91 bits per heavy atom. The lowest BCUT2D eigenvalue weighted by molar-refractivity contribution is -0.380. The fourth-order valence-corrected chi connectivity index (χ4v) is 2.23. The van der Waals surface area contributed by atoms with Gasteiger partial charge in [0.25, 0.3) is 11.5 Å². The van der Waals surface area contributed by atoms with E-state index < -0.39 is 10.8 Å². The predicted octanol–water partition coefficient (Wildman–Crippen LogP) is 1.66. The van der Waals surface area contributed by atoms with Crippen molar-refractivity contribution in [3.05, 3.63) is 44.5 Å². The number of carbonyl (C=O) groups is 1. The largest absolute Gasteiger partial charge is 0.345 e. The molecule has 2 heterocycles. The summed E-state index contributed by atoms with van der Waals surface area (Å²) in [4.78, 5) is 37.4. The summed E-state index contributed by atoms with van der Waals surface area (Å²) < 4.78 is 1.22. The molecule has 9 nitrogen and oxygen atoms in total. The first-order valence-electron chi connectivity index (χ1n) is 6.51. The third-order valence-electron chi connectivity index (χ3n) is 2.72. The number of rotatable bonds is 6. The molecule has 0 bridgehead atoms. The van der Waals surface area contributed by atoms with Crippen LogP contribution in [0.1, 0.15) is 30.3 Å². The van der Waals surface area contributed by atoms with Gasteiger partial charge in [-0.25, -0.2) is 9.67 Å². The maximum atomic E-state index is 12.0. The van der Waals surface area contributed by atoms with Gasteiger partial charge in [-0.15, -0.1) is 0 Å². The van der Waals surface area contributed by atoms with E-state index in [1.165, 1.54) is 16.8 Å². The molecule has 0 unspecified atom stereocenters. The van der Waals surface area contributed by atoms with E-state index in [0.29, 0.717) is 6.54 Å². The fourth-order valence-electron chi connectivity index (χ4n) is 1.61. The van der Waals surface area contributed by atoms with Gasteiger partial charge in [0.05, 0.1) is 4.92 Å². The Balaban J connectivity index is 2.14. The van der Waals surface area contributed by atoms with Crippen molar-refractivity contribution in [2.75, 3.05) is 5.32 Å². The van der Waals surface area contributed by atoms with Crippen molar-refractivity contribution < 1.29 is 9.72 Å². The van der Waals surface area contributed by atoms with Crippen molar-refractivity contribution >= 4 is 27.4 Å². The van der Waals surface area contributed by atoms with Crippen molar-refractivity contribution in [1.82, 2.24) is 14.8 Å². The average molecular weight is 323 g/mol. The minimum absolute atomic E-state index is 0.0496. The summed E-state index contributed by atoms with van der Waals surface area (Å²) in [6, 6.07) is 2.57. The molecule has 0 radical (unpaired) electrons. The van der Waals surface area contributed by atoms with Crippen LogP contribution in [0.3, 0.4) is 0 Å². The van der Waals surface area contributed by atoms with Crippen LogP contribution in [0.4, 0.5) is 10.1 Å². The molecule has 0 aliphatic carbocycles. The summed E-state index contributed by atoms with van der Waals surface area (Å²) in [7, 11) is 0. The molecule has 0 spiro atoms. The van der Waals surface area contributed by atoms with Crippen molar-refractivity contribution in [1.29, 1.82) is 0 Å². The van der Waals surface area contributed by atoms with Crippen LogP contribution in [-0.2, 0) is 6.54 Å². The molecule has 0 aliphatic heterocycles. The lowest BCUT2D eigenvalue weighted by Crippen LogP contribution is -2.26. The molecule has 22 heavy (non-hydrogen) atoms.